The van der Waals surface area contributed by atoms with E-state index in [0.29, 0.717) is 35.2 Å². The average Bonchev–Trinajstić information content (AvgIpc) is 2.65. The lowest BCUT2D eigenvalue weighted by molar-refractivity contribution is 0.0204. The van der Waals surface area contributed by atoms with E-state index < -0.39 is 12.2 Å². The van der Waals surface area contributed by atoms with Crippen molar-refractivity contribution in [3.8, 4) is 28.7 Å². The van der Waals surface area contributed by atoms with Crippen molar-refractivity contribution in [1.29, 1.82) is 0 Å². The predicted octanol–water partition coefficient (Wildman–Crippen LogP) is 2.76. The van der Waals surface area contributed by atoms with E-state index in [4.69, 9.17) is 23.7 Å². The molecule has 2 aromatic carbocycles. The molecule has 1 heterocycles. The van der Waals surface area contributed by atoms with Crippen molar-refractivity contribution in [2.45, 2.75) is 18.6 Å². The van der Waals surface area contributed by atoms with E-state index in [1.54, 1.807) is 40.6 Å². The van der Waals surface area contributed by atoms with Gasteiger partial charge in [0.2, 0.25) is 5.75 Å². The summed E-state index contributed by atoms with van der Waals surface area (Å²) in [5.41, 5.74) is 1.69. The van der Waals surface area contributed by atoms with Crippen LogP contribution in [0.2, 0.25) is 0 Å². The van der Waals surface area contributed by atoms with Gasteiger partial charge in [0, 0.05) is 18.1 Å². The molecule has 3 rings (SSSR count). The van der Waals surface area contributed by atoms with E-state index >= 15 is 0 Å². The Bertz CT molecular complexity index is 733. The molecule has 1 aliphatic rings. The van der Waals surface area contributed by atoms with Crippen LogP contribution in [0.3, 0.4) is 0 Å². The van der Waals surface area contributed by atoms with E-state index in [1.165, 1.54) is 0 Å². The van der Waals surface area contributed by atoms with E-state index in [-0.39, 0.29) is 0 Å². The molecule has 0 spiro atoms. The Hall–Kier alpha value is -2.60. The Morgan fingerprint density at radius 1 is 0.920 bits per heavy atom. The van der Waals surface area contributed by atoms with Crippen LogP contribution < -0.4 is 23.7 Å². The average molecular weight is 346 g/mol. The second-order valence-electron chi connectivity index (χ2n) is 5.74. The Morgan fingerprint density at radius 3 is 2.16 bits per heavy atom. The Morgan fingerprint density at radius 2 is 1.60 bits per heavy atom. The SMILES string of the molecule is COc1ccc2c(c1)O[C@H](c1cc(OC)c(OC)c(OC)c1)[C@@H](O)C2. The Kier molecular flexibility index (Phi) is 4.90. The first-order chi connectivity index (χ1) is 12.1. The second kappa shape index (κ2) is 7.11. The van der Waals surface area contributed by atoms with Gasteiger partial charge in [-0.2, -0.15) is 0 Å². The molecule has 0 radical (unpaired) electrons. The summed E-state index contributed by atoms with van der Waals surface area (Å²) in [5.74, 6) is 2.94. The van der Waals surface area contributed by atoms with E-state index in [0.717, 1.165) is 11.1 Å². The highest BCUT2D eigenvalue weighted by molar-refractivity contribution is 5.55. The molecule has 0 saturated heterocycles. The Labute approximate surface area is 146 Å². The van der Waals surface area contributed by atoms with Crippen molar-refractivity contribution < 1.29 is 28.8 Å². The molecule has 0 aliphatic carbocycles. The van der Waals surface area contributed by atoms with Gasteiger partial charge in [-0.1, -0.05) is 6.07 Å². The number of hydrogen-bond donors (Lipinski definition) is 1. The molecule has 2 aromatic rings. The lowest BCUT2D eigenvalue weighted by Gasteiger charge is -2.31. The number of benzene rings is 2. The summed E-state index contributed by atoms with van der Waals surface area (Å²) in [5, 5.41) is 10.6. The summed E-state index contributed by atoms with van der Waals surface area (Å²) < 4.78 is 27.4. The number of fused-ring (bicyclic) bond motifs is 1. The van der Waals surface area contributed by atoms with Gasteiger partial charge in [0.05, 0.1) is 34.5 Å². The molecule has 0 fully saturated rings. The molecule has 25 heavy (non-hydrogen) atoms. The zero-order valence-electron chi connectivity index (χ0n) is 14.7. The van der Waals surface area contributed by atoms with Crippen LogP contribution >= 0.6 is 0 Å². The van der Waals surface area contributed by atoms with Crippen LogP contribution in [-0.4, -0.2) is 39.6 Å². The molecule has 0 unspecified atom stereocenters. The molecule has 6 nitrogen and oxygen atoms in total. The minimum Gasteiger partial charge on any atom is -0.497 e. The first kappa shape index (κ1) is 17.2. The molecule has 2 atom stereocenters. The fourth-order valence-corrected chi connectivity index (χ4v) is 3.04. The largest absolute Gasteiger partial charge is 0.497 e. The number of aliphatic hydroxyl groups excluding tert-OH is 1. The molecule has 1 N–H and O–H groups in total. The van der Waals surface area contributed by atoms with Gasteiger partial charge < -0.3 is 28.8 Å². The second-order valence-corrected chi connectivity index (χ2v) is 5.74. The third kappa shape index (κ3) is 3.17. The monoisotopic (exact) mass is 346 g/mol. The highest BCUT2D eigenvalue weighted by Crippen LogP contribution is 2.43. The first-order valence-corrected chi connectivity index (χ1v) is 7.92. The number of ether oxygens (including phenoxy) is 5. The van der Waals surface area contributed by atoms with Gasteiger partial charge in [-0.05, 0) is 23.8 Å². The normalized spacial score (nSPS) is 18.8. The van der Waals surface area contributed by atoms with Crippen LogP contribution in [-0.2, 0) is 6.42 Å². The number of hydrogen-bond acceptors (Lipinski definition) is 6. The predicted molar refractivity (Wildman–Crippen MR) is 92.2 cm³/mol. The van der Waals surface area contributed by atoms with Crippen molar-refractivity contribution in [2.75, 3.05) is 28.4 Å². The van der Waals surface area contributed by atoms with Gasteiger partial charge in [0.15, 0.2) is 17.6 Å². The lowest BCUT2D eigenvalue weighted by atomic mass is 9.94. The summed E-state index contributed by atoms with van der Waals surface area (Å²) in [7, 11) is 6.27. The zero-order chi connectivity index (χ0) is 18.0. The summed E-state index contributed by atoms with van der Waals surface area (Å²) in [6.07, 6.45) is -0.752. The molecule has 0 aromatic heterocycles. The highest BCUT2D eigenvalue weighted by atomic mass is 16.5. The summed E-state index contributed by atoms with van der Waals surface area (Å²) in [4.78, 5) is 0. The minimum atomic E-state index is -0.691. The van der Waals surface area contributed by atoms with Crippen molar-refractivity contribution in [3.63, 3.8) is 0 Å². The third-order valence-electron chi connectivity index (χ3n) is 4.32. The van der Waals surface area contributed by atoms with Gasteiger partial charge in [0.25, 0.3) is 0 Å². The van der Waals surface area contributed by atoms with E-state index in [9.17, 15) is 5.11 Å². The van der Waals surface area contributed by atoms with Crippen LogP contribution in [0.1, 0.15) is 17.2 Å². The van der Waals surface area contributed by atoms with Gasteiger partial charge >= 0.3 is 0 Å². The maximum absolute atomic E-state index is 10.6. The number of aliphatic hydroxyl groups is 1. The minimum absolute atomic E-state index is 0.487. The van der Waals surface area contributed by atoms with Crippen molar-refractivity contribution >= 4 is 0 Å². The van der Waals surface area contributed by atoms with Gasteiger partial charge in [-0.25, -0.2) is 0 Å². The number of rotatable bonds is 5. The van der Waals surface area contributed by atoms with Gasteiger partial charge in [-0.3, -0.25) is 0 Å². The summed E-state index contributed by atoms with van der Waals surface area (Å²) in [6.45, 7) is 0. The molecular formula is C19H22O6. The topological polar surface area (TPSA) is 66.4 Å². The van der Waals surface area contributed by atoms with Crippen LogP contribution in [0, 0.1) is 0 Å². The van der Waals surface area contributed by atoms with E-state index in [1.807, 2.05) is 18.2 Å². The van der Waals surface area contributed by atoms with Crippen molar-refractivity contribution in [2.24, 2.45) is 0 Å². The van der Waals surface area contributed by atoms with Crippen molar-refractivity contribution in [1.82, 2.24) is 0 Å². The van der Waals surface area contributed by atoms with Gasteiger partial charge in [-0.15, -0.1) is 0 Å². The van der Waals surface area contributed by atoms with Crippen LogP contribution in [0.4, 0.5) is 0 Å². The highest BCUT2D eigenvalue weighted by Gasteiger charge is 2.31. The van der Waals surface area contributed by atoms with E-state index in [2.05, 4.69) is 0 Å². The molecule has 134 valence electrons. The molecule has 6 heteroatoms. The molecule has 0 bridgehead atoms. The van der Waals surface area contributed by atoms with Gasteiger partial charge in [0.1, 0.15) is 11.5 Å². The van der Waals surface area contributed by atoms with Crippen molar-refractivity contribution in [3.05, 3.63) is 41.5 Å². The first-order valence-electron chi connectivity index (χ1n) is 7.92. The zero-order valence-corrected chi connectivity index (χ0v) is 14.7. The number of methoxy groups -OCH3 is 4. The molecular weight excluding hydrogens is 324 g/mol. The molecule has 1 aliphatic heterocycles. The fourth-order valence-electron chi connectivity index (χ4n) is 3.04. The summed E-state index contributed by atoms with van der Waals surface area (Å²) in [6, 6.07) is 9.17. The Balaban J connectivity index is 2.01. The smallest absolute Gasteiger partial charge is 0.203 e. The van der Waals surface area contributed by atoms with Crippen LogP contribution in [0.25, 0.3) is 0 Å². The fraction of sp³-hybridized carbons (Fsp3) is 0.368. The van der Waals surface area contributed by atoms with Crippen LogP contribution in [0.5, 0.6) is 28.7 Å². The quantitative estimate of drug-likeness (QED) is 0.898. The van der Waals surface area contributed by atoms with Crippen LogP contribution in [0.15, 0.2) is 30.3 Å². The maximum Gasteiger partial charge on any atom is 0.203 e. The molecule has 0 saturated carbocycles. The lowest BCUT2D eigenvalue weighted by Crippen LogP contribution is -2.30. The third-order valence-corrected chi connectivity index (χ3v) is 4.32. The summed E-state index contributed by atoms with van der Waals surface area (Å²) >= 11 is 0. The molecule has 0 amide bonds. The maximum atomic E-state index is 10.6. The standard InChI is InChI=1S/C19H22O6/c1-21-13-6-5-11-7-14(20)18(25-15(11)10-13)12-8-16(22-2)19(24-4)17(9-12)23-3/h5-6,8-10,14,18,20H,7H2,1-4H3/t14-,18+/m0/s1.